The Bertz CT molecular complexity index is 235. The summed E-state index contributed by atoms with van der Waals surface area (Å²) in [5.74, 6) is 5.65. The minimum atomic E-state index is 0.719. The molecule has 1 aromatic rings. The first-order chi connectivity index (χ1) is 6.25. The number of nitrogens with two attached hydrogens (primary N) is 2. The first-order valence-electron chi connectivity index (χ1n) is 4.62. The van der Waals surface area contributed by atoms with Crippen LogP contribution in [0.3, 0.4) is 0 Å². The van der Waals surface area contributed by atoms with E-state index in [1.807, 2.05) is 45.0 Å². The summed E-state index contributed by atoms with van der Waals surface area (Å²) in [5.41, 5.74) is 7.28. The highest BCUT2D eigenvalue weighted by molar-refractivity contribution is 5.66. The molecule has 0 radical (unpaired) electrons. The van der Waals surface area contributed by atoms with E-state index in [1.54, 1.807) is 5.01 Å². The lowest BCUT2D eigenvalue weighted by Gasteiger charge is -2.17. The molecule has 4 N–H and O–H groups in total. The molecule has 1 rings (SSSR count). The van der Waals surface area contributed by atoms with Crippen LogP contribution in [0.15, 0.2) is 24.3 Å². The Kier molecular flexibility index (Phi) is 5.72. The summed E-state index contributed by atoms with van der Waals surface area (Å²) in [4.78, 5) is 0. The number of nitrogens with zero attached hydrogens (tertiary/aromatic N) is 1. The number of hydrazine groups is 1. The van der Waals surface area contributed by atoms with E-state index in [9.17, 15) is 0 Å². The number of nitrogen functional groups attached to an aromatic ring is 1. The van der Waals surface area contributed by atoms with Crippen LogP contribution in [0.25, 0.3) is 0 Å². The molecule has 0 aliphatic carbocycles. The van der Waals surface area contributed by atoms with Crippen molar-refractivity contribution >= 4 is 11.4 Å². The third-order valence-electron chi connectivity index (χ3n) is 1.59. The number of hydrogen-bond acceptors (Lipinski definition) is 3. The van der Waals surface area contributed by atoms with Gasteiger partial charge >= 0.3 is 0 Å². The molecule has 3 nitrogen and oxygen atoms in total. The number of rotatable bonds is 2. The molecule has 1 aromatic carbocycles. The molecule has 3 heteroatoms. The summed E-state index contributed by atoms with van der Waals surface area (Å²) >= 11 is 0. The zero-order chi connectivity index (χ0) is 10.3. The van der Waals surface area contributed by atoms with E-state index in [4.69, 9.17) is 11.6 Å². The predicted octanol–water partition coefficient (Wildman–Crippen LogP) is 2.00. The molecule has 0 aliphatic rings. The molecule has 0 amide bonds. The van der Waals surface area contributed by atoms with Crippen LogP contribution in [0.2, 0.25) is 0 Å². The lowest BCUT2D eigenvalue weighted by Crippen LogP contribution is -2.30. The fourth-order valence-electron chi connectivity index (χ4n) is 0.919. The van der Waals surface area contributed by atoms with Crippen LogP contribution in [0, 0.1) is 0 Å². The standard InChI is InChI=1S/C8H13N3.C2H6/c1-2-11(10)8-6-4-3-5-7(8)9;1-2/h3-6H,2,9-10H2,1H3;1-2H3. The zero-order valence-corrected chi connectivity index (χ0v) is 8.62. The fraction of sp³-hybridized carbons (Fsp3) is 0.400. The second-order valence-corrected chi connectivity index (χ2v) is 2.34. The maximum atomic E-state index is 5.68. The van der Waals surface area contributed by atoms with Gasteiger partial charge in [0.15, 0.2) is 0 Å². The van der Waals surface area contributed by atoms with Gasteiger partial charge in [0.1, 0.15) is 0 Å². The number of para-hydroxylation sites is 2. The van der Waals surface area contributed by atoms with Gasteiger partial charge in [-0.05, 0) is 19.1 Å². The molecule has 0 fully saturated rings. The first kappa shape index (κ1) is 11.8. The van der Waals surface area contributed by atoms with Crippen LogP contribution in [0.5, 0.6) is 0 Å². The van der Waals surface area contributed by atoms with E-state index >= 15 is 0 Å². The van der Waals surface area contributed by atoms with E-state index in [1.165, 1.54) is 0 Å². The zero-order valence-electron chi connectivity index (χ0n) is 8.62. The van der Waals surface area contributed by atoms with Gasteiger partial charge in [0, 0.05) is 6.54 Å². The summed E-state index contributed by atoms with van der Waals surface area (Å²) in [6, 6.07) is 7.55. The van der Waals surface area contributed by atoms with Crippen LogP contribution >= 0.6 is 0 Å². The molecular weight excluding hydrogens is 162 g/mol. The third kappa shape index (κ3) is 3.34. The van der Waals surface area contributed by atoms with Crippen molar-refractivity contribution in [1.82, 2.24) is 0 Å². The van der Waals surface area contributed by atoms with Gasteiger partial charge in [0.05, 0.1) is 11.4 Å². The smallest absolute Gasteiger partial charge is 0.0746 e. The Balaban J connectivity index is 0.000000671. The first-order valence-corrected chi connectivity index (χ1v) is 4.62. The molecule has 0 saturated heterocycles. The fourth-order valence-corrected chi connectivity index (χ4v) is 0.919. The van der Waals surface area contributed by atoms with Gasteiger partial charge in [-0.3, -0.25) is 0 Å². The van der Waals surface area contributed by atoms with E-state index in [0.717, 1.165) is 17.9 Å². The van der Waals surface area contributed by atoms with Gasteiger partial charge in [-0.25, -0.2) is 5.84 Å². The molecule has 0 aromatic heterocycles. The van der Waals surface area contributed by atoms with Crippen LogP contribution in [-0.2, 0) is 0 Å². The average Bonchev–Trinajstić information content (AvgIpc) is 2.20. The Morgan fingerprint density at radius 3 is 2.23 bits per heavy atom. The SMILES string of the molecule is CC.CCN(N)c1ccccc1N. The van der Waals surface area contributed by atoms with Crippen molar-refractivity contribution in [3.8, 4) is 0 Å². The number of hydrogen-bond donors (Lipinski definition) is 2. The molecule has 0 saturated carbocycles. The van der Waals surface area contributed by atoms with Crippen molar-refractivity contribution in [2.45, 2.75) is 20.8 Å². The largest absolute Gasteiger partial charge is 0.397 e. The highest BCUT2D eigenvalue weighted by Crippen LogP contribution is 2.18. The predicted molar refractivity (Wildman–Crippen MR) is 59.4 cm³/mol. The van der Waals surface area contributed by atoms with Gasteiger partial charge in [-0.15, -0.1) is 0 Å². The summed E-state index contributed by atoms with van der Waals surface area (Å²) < 4.78 is 0. The third-order valence-corrected chi connectivity index (χ3v) is 1.59. The molecule has 0 heterocycles. The Labute approximate surface area is 80.3 Å². The highest BCUT2D eigenvalue weighted by Gasteiger charge is 2.00. The second kappa shape index (κ2) is 6.31. The highest BCUT2D eigenvalue weighted by atomic mass is 15.4. The van der Waals surface area contributed by atoms with Gasteiger partial charge in [-0.2, -0.15) is 0 Å². The van der Waals surface area contributed by atoms with Gasteiger partial charge in [0.25, 0.3) is 0 Å². The van der Waals surface area contributed by atoms with E-state index in [-0.39, 0.29) is 0 Å². The average molecular weight is 181 g/mol. The molecule has 0 atom stereocenters. The summed E-state index contributed by atoms with van der Waals surface area (Å²) in [7, 11) is 0. The Hall–Kier alpha value is -1.22. The minimum Gasteiger partial charge on any atom is -0.397 e. The van der Waals surface area contributed by atoms with Crippen LogP contribution in [0.1, 0.15) is 20.8 Å². The Morgan fingerprint density at radius 2 is 1.77 bits per heavy atom. The van der Waals surface area contributed by atoms with Crippen LogP contribution in [-0.4, -0.2) is 6.54 Å². The van der Waals surface area contributed by atoms with Crippen molar-refractivity contribution in [3.63, 3.8) is 0 Å². The molecule has 13 heavy (non-hydrogen) atoms. The van der Waals surface area contributed by atoms with Crippen LogP contribution in [0.4, 0.5) is 11.4 Å². The van der Waals surface area contributed by atoms with Gasteiger partial charge in [0.2, 0.25) is 0 Å². The lowest BCUT2D eigenvalue weighted by atomic mass is 10.2. The molecule has 0 spiro atoms. The number of anilines is 2. The van der Waals surface area contributed by atoms with Crippen molar-refractivity contribution in [1.29, 1.82) is 0 Å². The lowest BCUT2D eigenvalue weighted by molar-refractivity contribution is 0.894. The quantitative estimate of drug-likeness (QED) is 0.417. The topological polar surface area (TPSA) is 55.3 Å². The van der Waals surface area contributed by atoms with E-state index in [0.29, 0.717) is 0 Å². The summed E-state index contributed by atoms with van der Waals surface area (Å²) in [6.45, 7) is 6.74. The normalized spacial score (nSPS) is 8.62. The molecule has 74 valence electrons. The van der Waals surface area contributed by atoms with Crippen molar-refractivity contribution in [2.75, 3.05) is 17.3 Å². The van der Waals surface area contributed by atoms with Crippen molar-refractivity contribution < 1.29 is 0 Å². The second-order valence-electron chi connectivity index (χ2n) is 2.34. The molecular formula is C10H19N3. The summed E-state index contributed by atoms with van der Waals surface area (Å²) in [5, 5.41) is 1.62. The van der Waals surface area contributed by atoms with Crippen LogP contribution < -0.4 is 16.6 Å². The van der Waals surface area contributed by atoms with E-state index in [2.05, 4.69) is 0 Å². The van der Waals surface area contributed by atoms with Crippen molar-refractivity contribution in [3.05, 3.63) is 24.3 Å². The maximum absolute atomic E-state index is 5.68. The molecule has 0 aliphatic heterocycles. The summed E-state index contributed by atoms with van der Waals surface area (Å²) in [6.07, 6.45) is 0. The molecule has 0 unspecified atom stereocenters. The van der Waals surface area contributed by atoms with Gasteiger partial charge < -0.3 is 10.7 Å². The number of benzene rings is 1. The minimum absolute atomic E-state index is 0.719. The van der Waals surface area contributed by atoms with E-state index < -0.39 is 0 Å². The van der Waals surface area contributed by atoms with Gasteiger partial charge in [-0.1, -0.05) is 26.0 Å². The Morgan fingerprint density at radius 1 is 1.23 bits per heavy atom. The molecule has 0 bridgehead atoms. The van der Waals surface area contributed by atoms with Crippen molar-refractivity contribution in [2.24, 2.45) is 5.84 Å². The monoisotopic (exact) mass is 181 g/mol. The maximum Gasteiger partial charge on any atom is 0.0746 e.